The van der Waals surface area contributed by atoms with E-state index in [1.54, 1.807) is 11.9 Å². The molecule has 0 unspecified atom stereocenters. The summed E-state index contributed by atoms with van der Waals surface area (Å²) in [6.45, 7) is 1.71. The van der Waals surface area contributed by atoms with Crippen LogP contribution in [-0.4, -0.2) is 49.6 Å². The van der Waals surface area contributed by atoms with Crippen molar-refractivity contribution in [2.45, 2.75) is 31.7 Å². The number of ether oxygens (including phenoxy) is 2. The highest BCUT2D eigenvalue weighted by Gasteiger charge is 2.31. The number of hydrogen-bond donors (Lipinski definition) is 1. The van der Waals surface area contributed by atoms with Crippen LogP contribution in [0.5, 0.6) is 11.5 Å². The Morgan fingerprint density at radius 1 is 1.22 bits per heavy atom. The lowest BCUT2D eigenvalue weighted by Crippen LogP contribution is -2.51. The number of fused-ring (bicyclic) bond motifs is 1. The lowest BCUT2D eigenvalue weighted by atomic mass is 10.00. The molecule has 2 aliphatic heterocycles. The average Bonchev–Trinajstić information content (AvgIpc) is 2.61. The third-order valence-corrected chi connectivity index (χ3v) is 4.33. The van der Waals surface area contributed by atoms with Crippen molar-refractivity contribution in [2.75, 3.05) is 26.8 Å². The van der Waals surface area contributed by atoms with Gasteiger partial charge < -0.3 is 19.7 Å². The van der Waals surface area contributed by atoms with Crippen molar-refractivity contribution < 1.29 is 19.1 Å². The van der Waals surface area contributed by atoms with Crippen molar-refractivity contribution in [3.8, 4) is 11.5 Å². The Labute approximate surface area is 135 Å². The van der Waals surface area contributed by atoms with Gasteiger partial charge in [0.25, 0.3) is 0 Å². The van der Waals surface area contributed by atoms with Gasteiger partial charge in [0, 0.05) is 13.6 Å². The molecule has 6 heteroatoms. The van der Waals surface area contributed by atoms with Gasteiger partial charge in [0.15, 0.2) is 11.5 Å². The van der Waals surface area contributed by atoms with Crippen LogP contribution in [0.2, 0.25) is 0 Å². The molecule has 0 spiro atoms. The van der Waals surface area contributed by atoms with Crippen molar-refractivity contribution in [1.29, 1.82) is 0 Å². The molecule has 0 radical (unpaired) electrons. The van der Waals surface area contributed by atoms with E-state index in [0.29, 0.717) is 31.3 Å². The third kappa shape index (κ3) is 3.41. The van der Waals surface area contributed by atoms with Crippen LogP contribution in [-0.2, 0) is 16.0 Å². The summed E-state index contributed by atoms with van der Waals surface area (Å²) in [5.74, 6) is 1.30. The summed E-state index contributed by atoms with van der Waals surface area (Å²) in [5.41, 5.74) is 0.875. The fourth-order valence-corrected chi connectivity index (χ4v) is 3.14. The number of piperidine rings is 1. The fourth-order valence-electron chi connectivity index (χ4n) is 3.14. The Balaban J connectivity index is 1.71. The Morgan fingerprint density at radius 3 is 2.78 bits per heavy atom. The molecule has 0 aliphatic carbocycles. The predicted molar refractivity (Wildman–Crippen MR) is 84.6 cm³/mol. The molecule has 1 N–H and O–H groups in total. The van der Waals surface area contributed by atoms with Gasteiger partial charge in [-0.05, 0) is 37.0 Å². The Hall–Kier alpha value is -2.24. The van der Waals surface area contributed by atoms with Crippen LogP contribution in [0.4, 0.5) is 0 Å². The lowest BCUT2D eigenvalue weighted by Gasteiger charge is -2.34. The first-order valence-corrected chi connectivity index (χ1v) is 8.08. The summed E-state index contributed by atoms with van der Waals surface area (Å²) >= 11 is 0. The normalized spacial score (nSPS) is 20.0. The quantitative estimate of drug-likeness (QED) is 0.907. The number of likely N-dealkylation sites (N-methyl/N-ethyl adjacent to an activating group) is 1. The number of rotatable bonds is 3. The van der Waals surface area contributed by atoms with Crippen LogP contribution in [0, 0.1) is 0 Å². The Bertz CT molecular complexity index is 602. The van der Waals surface area contributed by atoms with Crippen molar-refractivity contribution in [3.05, 3.63) is 23.8 Å². The van der Waals surface area contributed by atoms with Gasteiger partial charge in [-0.1, -0.05) is 6.07 Å². The molecule has 1 saturated heterocycles. The molecule has 124 valence electrons. The number of nitrogens with one attached hydrogen (secondary N) is 1. The number of hydrogen-bond acceptors (Lipinski definition) is 4. The van der Waals surface area contributed by atoms with E-state index < -0.39 is 0 Å². The van der Waals surface area contributed by atoms with Crippen LogP contribution in [0.1, 0.15) is 24.8 Å². The molecule has 1 atom stereocenters. The van der Waals surface area contributed by atoms with Crippen LogP contribution in [0.25, 0.3) is 0 Å². The second-order valence-corrected chi connectivity index (χ2v) is 5.87. The third-order valence-electron chi connectivity index (χ3n) is 4.33. The molecular weight excluding hydrogens is 296 g/mol. The molecular formula is C17H22N2O4. The number of carbonyl (C=O) groups excluding carboxylic acids is 2. The zero-order chi connectivity index (χ0) is 16.2. The molecule has 2 aliphatic rings. The van der Waals surface area contributed by atoms with Crippen molar-refractivity contribution >= 4 is 11.8 Å². The lowest BCUT2D eigenvalue weighted by molar-refractivity contribution is -0.141. The Kier molecular flexibility index (Phi) is 4.69. The maximum atomic E-state index is 12.6. The highest BCUT2D eigenvalue weighted by molar-refractivity contribution is 5.88. The molecule has 0 bridgehead atoms. The van der Waals surface area contributed by atoms with Gasteiger partial charge in [-0.25, -0.2) is 0 Å². The van der Waals surface area contributed by atoms with Crippen LogP contribution >= 0.6 is 0 Å². The highest BCUT2D eigenvalue weighted by atomic mass is 16.6. The van der Waals surface area contributed by atoms with E-state index in [2.05, 4.69) is 5.32 Å². The van der Waals surface area contributed by atoms with Gasteiger partial charge in [-0.3, -0.25) is 9.59 Å². The molecule has 6 nitrogen and oxygen atoms in total. The van der Waals surface area contributed by atoms with Crippen molar-refractivity contribution in [2.24, 2.45) is 0 Å². The first-order chi connectivity index (χ1) is 11.2. The molecule has 2 heterocycles. The molecule has 23 heavy (non-hydrogen) atoms. The predicted octanol–water partition coefficient (Wildman–Crippen LogP) is 1.13. The molecule has 2 amide bonds. The van der Waals surface area contributed by atoms with Gasteiger partial charge in [-0.2, -0.15) is 0 Å². The van der Waals surface area contributed by atoms with Crippen LogP contribution in [0.3, 0.4) is 0 Å². The first kappa shape index (κ1) is 15.6. The van der Waals surface area contributed by atoms with Crippen LogP contribution < -0.4 is 14.8 Å². The fraction of sp³-hybridized carbons (Fsp3) is 0.529. The monoisotopic (exact) mass is 318 g/mol. The van der Waals surface area contributed by atoms with Crippen LogP contribution in [0.15, 0.2) is 18.2 Å². The van der Waals surface area contributed by atoms with E-state index in [1.807, 2.05) is 18.2 Å². The minimum atomic E-state index is -0.349. The van der Waals surface area contributed by atoms with Gasteiger partial charge in [0.2, 0.25) is 11.8 Å². The molecule has 0 saturated carbocycles. The van der Waals surface area contributed by atoms with E-state index in [9.17, 15) is 9.59 Å². The number of amides is 2. The summed E-state index contributed by atoms with van der Waals surface area (Å²) in [6.07, 6.45) is 2.92. The Morgan fingerprint density at radius 2 is 2.00 bits per heavy atom. The standard InChI is InChI=1S/C17H22N2O4/c1-18-17(21)13-4-2-3-7-19(13)16(20)11-12-5-6-14-15(10-12)23-9-8-22-14/h5-6,10,13H,2-4,7-9,11H2,1H3,(H,18,21)/t13-/m1/s1. The molecule has 3 rings (SSSR count). The average molecular weight is 318 g/mol. The molecule has 1 fully saturated rings. The highest BCUT2D eigenvalue weighted by Crippen LogP contribution is 2.31. The maximum absolute atomic E-state index is 12.6. The number of nitrogens with zero attached hydrogens (tertiary/aromatic N) is 1. The minimum absolute atomic E-state index is 0.0185. The first-order valence-electron chi connectivity index (χ1n) is 8.08. The van der Waals surface area contributed by atoms with E-state index in [-0.39, 0.29) is 24.3 Å². The zero-order valence-corrected chi connectivity index (χ0v) is 13.3. The van der Waals surface area contributed by atoms with E-state index in [1.165, 1.54) is 0 Å². The second-order valence-electron chi connectivity index (χ2n) is 5.87. The van der Waals surface area contributed by atoms with E-state index in [4.69, 9.17) is 9.47 Å². The SMILES string of the molecule is CNC(=O)[C@H]1CCCCN1C(=O)Cc1ccc2c(c1)OCCO2. The van der Waals surface area contributed by atoms with Gasteiger partial charge in [0.1, 0.15) is 19.3 Å². The van der Waals surface area contributed by atoms with E-state index in [0.717, 1.165) is 24.8 Å². The van der Waals surface area contributed by atoms with E-state index >= 15 is 0 Å². The summed E-state index contributed by atoms with van der Waals surface area (Å²) in [4.78, 5) is 26.3. The van der Waals surface area contributed by atoms with Crippen molar-refractivity contribution in [1.82, 2.24) is 10.2 Å². The smallest absolute Gasteiger partial charge is 0.242 e. The summed E-state index contributed by atoms with van der Waals surface area (Å²) < 4.78 is 11.0. The molecule has 0 aromatic heterocycles. The topological polar surface area (TPSA) is 67.9 Å². The summed E-state index contributed by atoms with van der Waals surface area (Å²) in [6, 6.07) is 5.22. The largest absolute Gasteiger partial charge is 0.486 e. The zero-order valence-electron chi connectivity index (χ0n) is 13.3. The summed E-state index contributed by atoms with van der Waals surface area (Å²) in [5, 5.41) is 2.65. The van der Waals surface area contributed by atoms with Crippen molar-refractivity contribution in [3.63, 3.8) is 0 Å². The minimum Gasteiger partial charge on any atom is -0.486 e. The van der Waals surface area contributed by atoms with Gasteiger partial charge in [-0.15, -0.1) is 0 Å². The number of carbonyl (C=O) groups is 2. The second kappa shape index (κ2) is 6.89. The number of likely N-dealkylation sites (tertiary alicyclic amines) is 1. The molecule has 1 aromatic rings. The molecule has 1 aromatic carbocycles. The maximum Gasteiger partial charge on any atom is 0.242 e. The van der Waals surface area contributed by atoms with Gasteiger partial charge in [0.05, 0.1) is 6.42 Å². The summed E-state index contributed by atoms with van der Waals surface area (Å²) in [7, 11) is 1.61. The van der Waals surface area contributed by atoms with Gasteiger partial charge >= 0.3 is 0 Å². The number of benzene rings is 1.